The van der Waals surface area contributed by atoms with Crippen LogP contribution >= 0.6 is 0 Å². The Morgan fingerprint density at radius 3 is 0.982 bits per heavy atom. The summed E-state index contributed by atoms with van der Waals surface area (Å²) in [4.78, 5) is 0. The zero-order valence-corrected chi connectivity index (χ0v) is 32.8. The van der Waals surface area contributed by atoms with Crippen molar-refractivity contribution in [3.05, 3.63) is 216 Å². The zero-order chi connectivity index (χ0) is 38.6. The van der Waals surface area contributed by atoms with Crippen molar-refractivity contribution in [3.8, 4) is 56.6 Å². The van der Waals surface area contributed by atoms with Crippen LogP contribution in [0.15, 0.2) is 188 Å². The molecule has 0 saturated heterocycles. The van der Waals surface area contributed by atoms with Crippen molar-refractivity contribution in [2.75, 3.05) is 0 Å². The molecule has 0 aliphatic rings. The van der Waals surface area contributed by atoms with Gasteiger partial charge in [-0.3, -0.25) is 0 Å². The fraction of sp³-hybridized carbons (Fsp3) is 0.0566. The van der Waals surface area contributed by atoms with Crippen LogP contribution in [0.1, 0.15) is 27.8 Å². The third-order valence-electron chi connectivity index (χ3n) is 11.2. The van der Waals surface area contributed by atoms with Gasteiger partial charge in [0, 0.05) is 16.7 Å². The lowest BCUT2D eigenvalue weighted by molar-refractivity contribution is 1.41. The molecule has 266 valence electrons. The molecule has 0 aliphatic carbocycles. The summed E-state index contributed by atoms with van der Waals surface area (Å²) in [5, 5.41) is 26.8. The fourth-order valence-electron chi connectivity index (χ4n) is 8.44. The first-order valence-corrected chi connectivity index (χ1v) is 21.0. The van der Waals surface area contributed by atoms with Crippen LogP contribution in [0.3, 0.4) is 0 Å². The van der Waals surface area contributed by atoms with Crippen molar-refractivity contribution in [2.45, 2.75) is 20.8 Å². The Balaban J connectivity index is 1.62. The van der Waals surface area contributed by atoms with Crippen molar-refractivity contribution in [3.63, 3.8) is 0 Å². The Morgan fingerprint density at radius 2 is 0.625 bits per heavy atom. The van der Waals surface area contributed by atoms with Gasteiger partial charge in [0.2, 0.25) is 0 Å². The minimum absolute atomic E-state index is 0.652. The molecular weight excluding hydrogens is 693 g/mol. The maximum atomic E-state index is 11.1. The summed E-state index contributed by atoms with van der Waals surface area (Å²) in [6.07, 6.45) is 0. The van der Waals surface area contributed by atoms with E-state index in [-0.39, 0.29) is 0 Å². The molecule has 0 radical (unpaired) electrons. The van der Waals surface area contributed by atoms with Crippen LogP contribution in [0.2, 0.25) is 0 Å². The summed E-state index contributed by atoms with van der Waals surface area (Å²) < 4.78 is 0. The molecular formula is C53H40N2Si. The molecule has 0 aromatic heterocycles. The highest BCUT2D eigenvalue weighted by molar-refractivity contribution is 7.20. The zero-order valence-electron chi connectivity index (χ0n) is 31.8. The molecule has 0 saturated carbocycles. The Hall–Kier alpha value is -7.04. The highest BCUT2D eigenvalue weighted by atomic mass is 28.3. The van der Waals surface area contributed by atoms with Crippen molar-refractivity contribution in [2.24, 2.45) is 0 Å². The van der Waals surface area contributed by atoms with E-state index in [9.17, 15) is 10.5 Å². The highest BCUT2D eigenvalue weighted by Crippen LogP contribution is 2.37. The maximum Gasteiger partial charge on any atom is 0.179 e. The van der Waals surface area contributed by atoms with Gasteiger partial charge in [0.15, 0.2) is 8.07 Å². The predicted octanol–water partition coefficient (Wildman–Crippen LogP) is 10.4. The molecule has 8 aromatic rings. The molecule has 0 spiro atoms. The molecule has 0 atom stereocenters. The monoisotopic (exact) mass is 732 g/mol. The molecule has 56 heavy (non-hydrogen) atoms. The number of hydrogen-bond acceptors (Lipinski definition) is 2. The van der Waals surface area contributed by atoms with Gasteiger partial charge in [-0.05, 0) is 86.0 Å². The van der Waals surface area contributed by atoms with Crippen molar-refractivity contribution in [1.82, 2.24) is 0 Å². The fourth-order valence-corrected chi connectivity index (χ4v) is 13.3. The Morgan fingerprint density at radius 1 is 0.321 bits per heavy atom. The van der Waals surface area contributed by atoms with Crippen LogP contribution in [-0.2, 0) is 0 Å². The molecule has 0 amide bonds. The summed E-state index contributed by atoms with van der Waals surface area (Å²) in [5.74, 6) is 0. The Labute approximate surface area is 331 Å². The third kappa shape index (κ3) is 6.25. The second kappa shape index (κ2) is 15.4. The standard InChI is InChI=1S/C53H40N2Si/c1-37-19-13-16-28-45(37)49-32-43(31-48(52(49)35-54)40-22-7-4-8-23-40)56(41-24-9-5-10-25-41,42-26-11-6-12-27-42)44-33-50(46-29-17-14-20-38(46)2)53(36-55)51(34-44)47-30-18-15-21-39(47)3/h4-34H,1-3H3. The average Bonchev–Trinajstić information content (AvgIpc) is 3.25. The lowest BCUT2D eigenvalue weighted by atomic mass is 9.89. The first kappa shape index (κ1) is 36.0. The van der Waals surface area contributed by atoms with Crippen molar-refractivity contribution >= 4 is 28.8 Å². The number of aryl methyl sites for hydroxylation is 3. The maximum absolute atomic E-state index is 11.1. The smallest absolute Gasteiger partial charge is 0.179 e. The normalized spacial score (nSPS) is 11.1. The molecule has 0 unspecified atom stereocenters. The average molecular weight is 733 g/mol. The third-order valence-corrected chi connectivity index (χ3v) is 15.9. The summed E-state index contributed by atoms with van der Waals surface area (Å²) >= 11 is 0. The van der Waals surface area contributed by atoms with E-state index in [4.69, 9.17) is 0 Å². The van der Waals surface area contributed by atoms with E-state index >= 15 is 0 Å². The van der Waals surface area contributed by atoms with Gasteiger partial charge in [0.25, 0.3) is 0 Å². The van der Waals surface area contributed by atoms with E-state index < -0.39 is 8.07 Å². The Kier molecular flexibility index (Phi) is 9.87. The minimum atomic E-state index is -3.30. The second-order valence-electron chi connectivity index (χ2n) is 14.4. The van der Waals surface area contributed by atoms with E-state index in [2.05, 4.69) is 203 Å². The largest absolute Gasteiger partial charge is 0.192 e. The van der Waals surface area contributed by atoms with Crippen LogP contribution in [-0.4, -0.2) is 8.07 Å². The summed E-state index contributed by atoms with van der Waals surface area (Å²) in [6.45, 7) is 6.36. The number of nitriles is 2. The van der Waals surface area contributed by atoms with Gasteiger partial charge in [-0.2, -0.15) is 10.5 Å². The van der Waals surface area contributed by atoms with Gasteiger partial charge in [-0.15, -0.1) is 0 Å². The van der Waals surface area contributed by atoms with Gasteiger partial charge in [-0.1, -0.05) is 188 Å². The van der Waals surface area contributed by atoms with E-state index in [0.29, 0.717) is 11.1 Å². The first-order valence-electron chi connectivity index (χ1n) is 19.0. The second-order valence-corrected chi connectivity index (χ2v) is 18.2. The lowest BCUT2D eigenvalue weighted by Gasteiger charge is -2.36. The molecule has 0 N–H and O–H groups in total. The minimum Gasteiger partial charge on any atom is -0.192 e. The van der Waals surface area contributed by atoms with Crippen LogP contribution < -0.4 is 20.7 Å². The van der Waals surface area contributed by atoms with Crippen molar-refractivity contribution < 1.29 is 0 Å². The van der Waals surface area contributed by atoms with Gasteiger partial charge in [0.1, 0.15) is 12.1 Å². The molecule has 0 aliphatic heterocycles. The predicted molar refractivity (Wildman–Crippen MR) is 235 cm³/mol. The van der Waals surface area contributed by atoms with Crippen LogP contribution in [0.25, 0.3) is 44.5 Å². The number of benzene rings is 8. The van der Waals surface area contributed by atoms with E-state index in [1.54, 1.807) is 0 Å². The molecule has 0 bridgehead atoms. The van der Waals surface area contributed by atoms with Gasteiger partial charge in [0.05, 0.1) is 11.1 Å². The quantitative estimate of drug-likeness (QED) is 0.115. The lowest BCUT2D eigenvalue weighted by Crippen LogP contribution is -2.74. The molecule has 8 aromatic carbocycles. The van der Waals surface area contributed by atoms with Gasteiger partial charge >= 0.3 is 0 Å². The molecule has 2 nitrogen and oxygen atoms in total. The van der Waals surface area contributed by atoms with E-state index in [0.717, 1.165) is 71.6 Å². The Bertz CT molecular complexity index is 2690. The first-order chi connectivity index (χ1) is 27.4. The van der Waals surface area contributed by atoms with Gasteiger partial charge in [-0.25, -0.2) is 0 Å². The van der Waals surface area contributed by atoms with E-state index in [1.165, 1.54) is 10.4 Å². The molecule has 3 heteroatoms. The summed E-state index contributed by atoms with van der Waals surface area (Å²) in [6, 6.07) is 71.7. The molecule has 8 rings (SSSR count). The topological polar surface area (TPSA) is 47.6 Å². The van der Waals surface area contributed by atoms with Crippen LogP contribution in [0.4, 0.5) is 0 Å². The number of hydrogen-bond donors (Lipinski definition) is 0. The van der Waals surface area contributed by atoms with Crippen molar-refractivity contribution in [1.29, 1.82) is 10.5 Å². The van der Waals surface area contributed by atoms with E-state index in [1.807, 2.05) is 18.2 Å². The highest BCUT2D eigenvalue weighted by Gasteiger charge is 2.43. The van der Waals surface area contributed by atoms with Gasteiger partial charge < -0.3 is 0 Å². The molecule has 0 heterocycles. The number of nitrogens with zero attached hydrogens (tertiary/aromatic N) is 2. The molecule has 0 fully saturated rings. The summed E-state index contributed by atoms with van der Waals surface area (Å²) in [7, 11) is -3.30. The SMILES string of the molecule is Cc1ccccc1-c1cc([Si](c2ccccc2)(c2ccccc2)c2cc(-c3ccccc3C)c(C#N)c(-c3ccccc3C)c2)cc(-c2ccccc2)c1C#N. The summed E-state index contributed by atoms with van der Waals surface area (Å²) in [5.41, 5.74) is 12.4. The van der Waals surface area contributed by atoms with Crippen LogP contribution in [0.5, 0.6) is 0 Å². The number of rotatable bonds is 8. The van der Waals surface area contributed by atoms with Crippen LogP contribution in [0, 0.1) is 43.4 Å².